The Hall–Kier alpha value is -3.57. The topological polar surface area (TPSA) is 121 Å². The smallest absolute Gasteiger partial charge is 0.290 e. The number of nitrogens with zero attached hydrogens (tertiary/aromatic N) is 1. The molecule has 1 atom stereocenters. The van der Waals surface area contributed by atoms with Gasteiger partial charge in [0, 0.05) is 24.3 Å². The maximum atomic E-state index is 10.4. The minimum atomic E-state index is -0.250. The molecule has 0 amide bonds. The van der Waals surface area contributed by atoms with E-state index in [-0.39, 0.29) is 18.1 Å². The van der Waals surface area contributed by atoms with Gasteiger partial charge in [0.05, 0.1) is 18.2 Å². The molecule has 0 aliphatic rings. The largest absolute Gasteiger partial charge is 0.492 e. The zero-order valence-corrected chi connectivity index (χ0v) is 20.2. The average Bonchev–Trinajstić information content (AvgIpc) is 2.79. The summed E-state index contributed by atoms with van der Waals surface area (Å²) >= 11 is 0. The van der Waals surface area contributed by atoms with E-state index < -0.39 is 0 Å². The van der Waals surface area contributed by atoms with Gasteiger partial charge in [0.1, 0.15) is 29.6 Å². The average molecular weight is 458 g/mol. The lowest BCUT2D eigenvalue weighted by atomic mass is 10.1. The lowest BCUT2D eigenvalue weighted by Crippen LogP contribution is -2.44. The first-order valence-corrected chi connectivity index (χ1v) is 10.6. The van der Waals surface area contributed by atoms with Gasteiger partial charge >= 0.3 is 0 Å². The number of anilines is 1. The highest BCUT2D eigenvalue weighted by Crippen LogP contribution is 2.28. The number of nitrogens with one attached hydrogen (secondary N) is 2. The van der Waals surface area contributed by atoms with Crippen LogP contribution in [0.2, 0.25) is 0 Å². The van der Waals surface area contributed by atoms with E-state index in [0.29, 0.717) is 23.7 Å². The van der Waals surface area contributed by atoms with Crippen molar-refractivity contribution >= 4 is 18.4 Å². The fourth-order valence-corrected chi connectivity index (χ4v) is 2.55. The molecule has 0 fully saturated rings. The highest BCUT2D eigenvalue weighted by atomic mass is 16.5. The summed E-state index contributed by atoms with van der Waals surface area (Å²) in [4.78, 5) is 18.7. The van der Waals surface area contributed by atoms with Crippen LogP contribution in [-0.4, -0.2) is 43.1 Å². The van der Waals surface area contributed by atoms with Crippen molar-refractivity contribution in [3.8, 4) is 23.3 Å². The van der Waals surface area contributed by atoms with Crippen LogP contribution >= 0.6 is 0 Å². The molecule has 180 valence electrons. The second-order valence-corrected chi connectivity index (χ2v) is 7.73. The number of rotatable bonds is 8. The summed E-state index contributed by atoms with van der Waals surface area (Å²) in [7, 11) is 1.87. The monoisotopic (exact) mass is 457 g/mol. The number of benzene rings is 2. The van der Waals surface area contributed by atoms with E-state index >= 15 is 0 Å². The minimum absolute atomic E-state index is 0.0139. The van der Waals surface area contributed by atoms with Crippen molar-refractivity contribution in [3.05, 3.63) is 48.0 Å². The summed E-state index contributed by atoms with van der Waals surface area (Å²) in [5.41, 5.74) is 1.57. The third-order valence-corrected chi connectivity index (χ3v) is 3.97. The zero-order chi connectivity index (χ0) is 25.3. The molecule has 0 spiro atoms. The Morgan fingerprint density at radius 3 is 2.06 bits per heavy atom. The quantitative estimate of drug-likeness (QED) is 0.481. The Balaban J connectivity index is 0.000000663. The summed E-state index contributed by atoms with van der Waals surface area (Å²) in [6, 6.07) is 14.9. The highest BCUT2D eigenvalue weighted by molar-refractivity contribution is 5.57. The summed E-state index contributed by atoms with van der Waals surface area (Å²) in [6.45, 7) is 10.3. The summed E-state index contributed by atoms with van der Waals surface area (Å²) < 4.78 is 11.2. The van der Waals surface area contributed by atoms with Gasteiger partial charge in [-0.1, -0.05) is 6.92 Å². The lowest BCUT2D eigenvalue weighted by Gasteiger charge is -2.24. The van der Waals surface area contributed by atoms with Crippen molar-refractivity contribution in [3.63, 3.8) is 0 Å². The Labute approximate surface area is 196 Å². The third-order valence-electron chi connectivity index (χ3n) is 3.97. The first-order chi connectivity index (χ1) is 15.7. The van der Waals surface area contributed by atoms with Gasteiger partial charge in [0.25, 0.3) is 6.47 Å². The Morgan fingerprint density at radius 1 is 1.09 bits per heavy atom. The Morgan fingerprint density at radius 2 is 1.67 bits per heavy atom. The number of nitriles is 1. The van der Waals surface area contributed by atoms with Crippen molar-refractivity contribution in [2.75, 3.05) is 19.0 Å². The maximum Gasteiger partial charge on any atom is 0.290 e. The van der Waals surface area contributed by atoms with Crippen molar-refractivity contribution < 1.29 is 24.2 Å². The molecule has 8 heteroatoms. The van der Waals surface area contributed by atoms with Crippen molar-refractivity contribution in [2.24, 2.45) is 0 Å². The van der Waals surface area contributed by atoms with Crippen LogP contribution in [0.5, 0.6) is 17.2 Å². The molecular weight excluding hydrogens is 422 g/mol. The van der Waals surface area contributed by atoms with E-state index in [2.05, 4.69) is 37.5 Å². The third kappa shape index (κ3) is 12.8. The molecule has 1 unspecified atom stereocenters. The van der Waals surface area contributed by atoms with Crippen LogP contribution in [0.3, 0.4) is 0 Å². The van der Waals surface area contributed by atoms with Crippen molar-refractivity contribution in [1.82, 2.24) is 5.32 Å². The number of carbonyl (C=O) groups excluding carboxylic acids is 1. The molecule has 0 radical (unpaired) electrons. The van der Waals surface area contributed by atoms with E-state index in [1.54, 1.807) is 18.2 Å². The maximum absolute atomic E-state index is 10.4. The van der Waals surface area contributed by atoms with Gasteiger partial charge in [-0.05, 0) is 70.5 Å². The molecular formula is C25H35N3O5. The summed E-state index contributed by atoms with van der Waals surface area (Å²) in [5.74, 6) is 1.92. The molecule has 0 saturated carbocycles. The lowest BCUT2D eigenvalue weighted by molar-refractivity contribution is -0.122. The molecule has 2 aromatic rings. The predicted molar refractivity (Wildman–Crippen MR) is 130 cm³/mol. The summed E-state index contributed by atoms with van der Waals surface area (Å²) in [6.07, 6.45) is 1.83. The molecule has 2 aromatic carbocycles. The highest BCUT2D eigenvalue weighted by Gasteiger charge is 2.14. The number of hydrogen-bond donors (Lipinski definition) is 3. The van der Waals surface area contributed by atoms with Crippen LogP contribution in [0, 0.1) is 11.3 Å². The summed E-state index contributed by atoms with van der Waals surface area (Å²) in [5, 5.41) is 22.1. The van der Waals surface area contributed by atoms with Gasteiger partial charge in [-0.3, -0.25) is 4.79 Å². The van der Waals surface area contributed by atoms with Crippen molar-refractivity contribution in [1.29, 1.82) is 5.26 Å². The van der Waals surface area contributed by atoms with Crippen LogP contribution in [0.1, 0.15) is 46.6 Å². The first kappa shape index (κ1) is 29.4. The molecule has 3 N–H and O–H groups in total. The Bertz CT molecular complexity index is 871. The van der Waals surface area contributed by atoms with Crippen LogP contribution < -0.4 is 20.1 Å². The standard InChI is InChI=1S/C16H16N2O2.C8H17NO.CH2O2/c1-3-19-16-10-15(7-4-12(16)11-17)20-14-8-5-13(18-2)6-9-14;1-5-7(6-10)9-8(2,3)4;2-1-3/h4-10,18H,3H2,1-2H3;6-7,9H,5H2,1-4H3;1H,(H,2,3). The first-order valence-electron chi connectivity index (χ1n) is 10.6. The van der Waals surface area contributed by atoms with Crippen LogP contribution in [-0.2, 0) is 9.59 Å². The van der Waals surface area contributed by atoms with Gasteiger partial charge < -0.3 is 30.0 Å². The number of carbonyl (C=O) groups is 2. The number of ether oxygens (including phenoxy) is 2. The molecule has 0 aliphatic carbocycles. The predicted octanol–water partition coefficient (Wildman–Crippen LogP) is 4.84. The van der Waals surface area contributed by atoms with Crippen LogP contribution in [0.4, 0.5) is 5.69 Å². The zero-order valence-electron chi connectivity index (χ0n) is 20.2. The van der Waals surface area contributed by atoms with Gasteiger partial charge in [0.15, 0.2) is 0 Å². The van der Waals surface area contributed by atoms with Gasteiger partial charge in [-0.25, -0.2) is 0 Å². The molecule has 0 aliphatic heterocycles. The van der Waals surface area contributed by atoms with E-state index in [4.69, 9.17) is 24.6 Å². The molecule has 0 bridgehead atoms. The second-order valence-electron chi connectivity index (χ2n) is 7.73. The van der Waals surface area contributed by atoms with Crippen LogP contribution in [0.15, 0.2) is 42.5 Å². The number of aldehydes is 1. The second kappa shape index (κ2) is 16.1. The molecule has 0 saturated heterocycles. The molecule has 2 rings (SSSR count). The fourth-order valence-electron chi connectivity index (χ4n) is 2.55. The number of hydrogen-bond acceptors (Lipinski definition) is 7. The molecule has 8 nitrogen and oxygen atoms in total. The van der Waals surface area contributed by atoms with Crippen molar-refractivity contribution in [2.45, 2.75) is 52.6 Å². The van der Waals surface area contributed by atoms with E-state index in [0.717, 1.165) is 24.1 Å². The normalized spacial score (nSPS) is 10.7. The molecule has 0 heterocycles. The van der Waals surface area contributed by atoms with Gasteiger partial charge in [-0.2, -0.15) is 5.26 Å². The van der Waals surface area contributed by atoms with Gasteiger partial charge in [-0.15, -0.1) is 0 Å². The van der Waals surface area contributed by atoms with E-state index in [1.165, 1.54) is 0 Å². The fraction of sp³-hybridized carbons (Fsp3) is 0.400. The minimum Gasteiger partial charge on any atom is -0.492 e. The molecule has 33 heavy (non-hydrogen) atoms. The van der Waals surface area contributed by atoms with Gasteiger partial charge in [0.2, 0.25) is 0 Å². The Kier molecular flexibility index (Phi) is 14.4. The van der Waals surface area contributed by atoms with Crippen LogP contribution in [0.25, 0.3) is 0 Å². The number of carboxylic acid groups (broad SMARTS) is 1. The molecule has 0 aromatic heterocycles. The van der Waals surface area contributed by atoms with E-state index in [1.807, 2.05) is 45.2 Å². The van der Waals surface area contributed by atoms with E-state index in [9.17, 15) is 4.79 Å². The SMILES string of the molecule is CCC(C=O)NC(C)(C)C.CCOc1cc(Oc2ccc(NC)cc2)ccc1C#N.O=CO.